The average molecular weight is 217 g/mol. The molecule has 5 heteroatoms. The Morgan fingerprint density at radius 1 is 1.25 bits per heavy atom. The predicted octanol–water partition coefficient (Wildman–Crippen LogP) is 1.55. The van der Waals surface area contributed by atoms with E-state index in [2.05, 4.69) is 15.0 Å². The molecule has 2 heterocycles. The van der Waals surface area contributed by atoms with Crippen LogP contribution in [0.5, 0.6) is 0 Å². The van der Waals surface area contributed by atoms with Gasteiger partial charge < -0.3 is 0 Å². The minimum atomic E-state index is -0.670. The number of hydrogen-bond donors (Lipinski definition) is 0. The van der Waals surface area contributed by atoms with E-state index in [0.717, 1.165) is 11.8 Å². The van der Waals surface area contributed by atoms with Gasteiger partial charge in [0, 0.05) is 18.6 Å². The van der Waals surface area contributed by atoms with Crippen LogP contribution < -0.4 is 0 Å². The Balaban J connectivity index is 2.40. The Morgan fingerprint density at radius 3 is 2.56 bits per heavy atom. The molecular weight excluding hydrogens is 209 g/mol. The van der Waals surface area contributed by atoms with Gasteiger partial charge in [0.15, 0.2) is 5.82 Å². The summed E-state index contributed by atoms with van der Waals surface area (Å²) in [7, 11) is 0. The summed E-state index contributed by atoms with van der Waals surface area (Å²) in [6.07, 6.45) is 5.37. The molecule has 0 unspecified atom stereocenters. The number of aromatic nitrogens is 3. The summed E-state index contributed by atoms with van der Waals surface area (Å²) >= 11 is 0. The molecule has 0 saturated carbocycles. The number of hydrogen-bond acceptors (Lipinski definition) is 4. The Kier molecular flexibility index (Phi) is 2.68. The van der Waals surface area contributed by atoms with Gasteiger partial charge in [0.05, 0.1) is 11.8 Å². The first-order valence-electron chi connectivity index (χ1n) is 4.61. The molecule has 0 aliphatic carbocycles. The molecule has 0 N–H and O–H groups in total. The van der Waals surface area contributed by atoms with Crippen molar-refractivity contribution in [2.75, 3.05) is 0 Å². The fourth-order valence-corrected chi connectivity index (χ4v) is 1.19. The summed E-state index contributed by atoms with van der Waals surface area (Å²) in [5.41, 5.74) is 0.769. The van der Waals surface area contributed by atoms with Crippen LogP contribution in [0.15, 0.2) is 30.9 Å². The maximum Gasteiger partial charge on any atom is 0.233 e. The first kappa shape index (κ1) is 10.4. The summed E-state index contributed by atoms with van der Waals surface area (Å²) in [5.74, 6) is -1.23. The van der Waals surface area contributed by atoms with E-state index >= 15 is 0 Å². The zero-order chi connectivity index (χ0) is 11.5. The van der Waals surface area contributed by atoms with Crippen LogP contribution in [0.3, 0.4) is 0 Å². The lowest BCUT2D eigenvalue weighted by molar-refractivity contribution is 0.102. The number of carbonyl (C=O) groups excluding carboxylic acids is 1. The lowest BCUT2D eigenvalue weighted by atomic mass is 10.1. The number of rotatable bonds is 2. The first-order valence-corrected chi connectivity index (χ1v) is 4.61. The fourth-order valence-electron chi connectivity index (χ4n) is 1.19. The summed E-state index contributed by atoms with van der Waals surface area (Å²) in [4.78, 5) is 23.0. The second-order valence-electron chi connectivity index (χ2n) is 3.27. The van der Waals surface area contributed by atoms with E-state index < -0.39 is 11.6 Å². The van der Waals surface area contributed by atoms with Crippen molar-refractivity contribution in [2.24, 2.45) is 0 Å². The van der Waals surface area contributed by atoms with Crippen LogP contribution in [0, 0.1) is 12.7 Å². The summed E-state index contributed by atoms with van der Waals surface area (Å²) in [6, 6.07) is 1.31. The number of pyridine rings is 1. The van der Waals surface area contributed by atoms with Crippen LogP contribution in [0.4, 0.5) is 4.39 Å². The van der Waals surface area contributed by atoms with Crippen molar-refractivity contribution in [1.82, 2.24) is 15.0 Å². The highest BCUT2D eigenvalue weighted by Gasteiger charge is 2.15. The molecule has 0 saturated heterocycles. The summed E-state index contributed by atoms with van der Waals surface area (Å²) in [5, 5.41) is 0. The van der Waals surface area contributed by atoms with Crippen molar-refractivity contribution < 1.29 is 9.18 Å². The maximum absolute atomic E-state index is 13.3. The Bertz CT molecular complexity index is 525. The molecular formula is C11H8FN3O. The van der Waals surface area contributed by atoms with Crippen LogP contribution in [0.2, 0.25) is 0 Å². The third-order valence-electron chi connectivity index (χ3n) is 2.00. The molecule has 80 valence electrons. The van der Waals surface area contributed by atoms with E-state index in [1.165, 1.54) is 24.7 Å². The number of ketones is 1. The van der Waals surface area contributed by atoms with Gasteiger partial charge >= 0.3 is 0 Å². The zero-order valence-corrected chi connectivity index (χ0v) is 8.51. The van der Waals surface area contributed by atoms with Gasteiger partial charge in [-0.2, -0.15) is 0 Å². The van der Waals surface area contributed by atoms with E-state index in [0.29, 0.717) is 0 Å². The molecule has 2 rings (SSSR count). The third-order valence-corrected chi connectivity index (χ3v) is 2.00. The van der Waals surface area contributed by atoms with Crippen molar-refractivity contribution in [2.45, 2.75) is 6.92 Å². The third kappa shape index (κ3) is 1.93. The van der Waals surface area contributed by atoms with E-state index in [4.69, 9.17) is 0 Å². The monoisotopic (exact) mass is 217 g/mol. The highest BCUT2D eigenvalue weighted by atomic mass is 19.1. The normalized spacial score (nSPS) is 10.1. The molecule has 0 bridgehead atoms. The molecule has 4 nitrogen and oxygen atoms in total. The molecule has 0 atom stereocenters. The van der Waals surface area contributed by atoms with Crippen molar-refractivity contribution in [1.29, 1.82) is 0 Å². The van der Waals surface area contributed by atoms with Crippen LogP contribution in [0.25, 0.3) is 0 Å². The highest BCUT2D eigenvalue weighted by Crippen LogP contribution is 2.09. The molecule has 0 radical (unpaired) electrons. The van der Waals surface area contributed by atoms with Gasteiger partial charge in [-0.25, -0.2) is 14.4 Å². The molecule has 0 aliphatic rings. The second kappa shape index (κ2) is 4.14. The lowest BCUT2D eigenvalue weighted by Crippen LogP contribution is -2.09. The molecule has 2 aromatic heterocycles. The Hall–Kier alpha value is -2.17. The molecule has 0 aliphatic heterocycles. The SMILES string of the molecule is Cc1cnc(C(=O)c2ccncc2F)nc1. The number of halogens is 1. The summed E-state index contributed by atoms with van der Waals surface area (Å²) in [6.45, 7) is 1.81. The van der Waals surface area contributed by atoms with E-state index in [9.17, 15) is 9.18 Å². The van der Waals surface area contributed by atoms with Crippen LogP contribution in [0.1, 0.15) is 21.7 Å². The van der Waals surface area contributed by atoms with Crippen LogP contribution in [-0.2, 0) is 0 Å². The molecule has 0 amide bonds. The van der Waals surface area contributed by atoms with Gasteiger partial charge in [-0.15, -0.1) is 0 Å². The Labute approximate surface area is 91.2 Å². The Morgan fingerprint density at radius 2 is 1.94 bits per heavy atom. The van der Waals surface area contributed by atoms with Gasteiger partial charge in [-0.05, 0) is 18.6 Å². The number of carbonyl (C=O) groups is 1. The molecule has 0 aromatic carbocycles. The van der Waals surface area contributed by atoms with Gasteiger partial charge in [-0.1, -0.05) is 0 Å². The maximum atomic E-state index is 13.3. The lowest BCUT2D eigenvalue weighted by Gasteiger charge is -2.00. The zero-order valence-electron chi connectivity index (χ0n) is 8.51. The van der Waals surface area contributed by atoms with Gasteiger partial charge in [0.1, 0.15) is 0 Å². The van der Waals surface area contributed by atoms with Crippen molar-refractivity contribution in [3.8, 4) is 0 Å². The van der Waals surface area contributed by atoms with Gasteiger partial charge in [0.25, 0.3) is 0 Å². The predicted molar refractivity (Wildman–Crippen MR) is 54.4 cm³/mol. The number of aryl methyl sites for hydroxylation is 1. The largest absolute Gasteiger partial charge is 0.285 e. The van der Waals surface area contributed by atoms with E-state index in [1.807, 2.05) is 0 Å². The standard InChI is InChI=1S/C11H8FN3O/c1-7-4-14-11(15-5-7)10(16)8-2-3-13-6-9(8)12/h2-6H,1H3. The summed E-state index contributed by atoms with van der Waals surface area (Å²) < 4.78 is 13.3. The topological polar surface area (TPSA) is 55.7 Å². The van der Waals surface area contributed by atoms with Crippen molar-refractivity contribution in [3.63, 3.8) is 0 Å². The van der Waals surface area contributed by atoms with Crippen LogP contribution in [-0.4, -0.2) is 20.7 Å². The quantitative estimate of drug-likeness (QED) is 0.716. The van der Waals surface area contributed by atoms with E-state index in [1.54, 1.807) is 6.92 Å². The second-order valence-corrected chi connectivity index (χ2v) is 3.27. The highest BCUT2D eigenvalue weighted by molar-refractivity contribution is 6.06. The molecule has 2 aromatic rings. The van der Waals surface area contributed by atoms with Crippen molar-refractivity contribution in [3.05, 3.63) is 53.6 Å². The minimum Gasteiger partial charge on any atom is -0.285 e. The fraction of sp³-hybridized carbons (Fsp3) is 0.0909. The van der Waals surface area contributed by atoms with Gasteiger partial charge in [0.2, 0.25) is 11.6 Å². The van der Waals surface area contributed by atoms with E-state index in [-0.39, 0.29) is 11.4 Å². The number of nitrogens with zero attached hydrogens (tertiary/aromatic N) is 3. The van der Waals surface area contributed by atoms with Gasteiger partial charge in [-0.3, -0.25) is 9.78 Å². The minimum absolute atomic E-state index is 0.0179. The van der Waals surface area contributed by atoms with Crippen LogP contribution >= 0.6 is 0 Å². The first-order chi connectivity index (χ1) is 7.68. The molecule has 0 fully saturated rings. The van der Waals surface area contributed by atoms with Crippen molar-refractivity contribution >= 4 is 5.78 Å². The molecule has 16 heavy (non-hydrogen) atoms. The molecule has 0 spiro atoms. The smallest absolute Gasteiger partial charge is 0.233 e. The average Bonchev–Trinajstić information content (AvgIpc) is 2.30.